The molecule has 0 bridgehead atoms. The van der Waals surface area contributed by atoms with Gasteiger partial charge in [-0.25, -0.2) is 4.79 Å². The van der Waals surface area contributed by atoms with Gasteiger partial charge in [0, 0.05) is 26.3 Å². The van der Waals surface area contributed by atoms with Crippen molar-refractivity contribution in [1.82, 2.24) is 9.13 Å². The molecule has 0 saturated heterocycles. The molecule has 0 aromatic carbocycles. The van der Waals surface area contributed by atoms with E-state index in [2.05, 4.69) is 12.2 Å². The summed E-state index contributed by atoms with van der Waals surface area (Å²) in [5.41, 5.74) is 0.0308. The van der Waals surface area contributed by atoms with Crippen LogP contribution >= 0.6 is 0 Å². The van der Waals surface area contributed by atoms with Crippen molar-refractivity contribution in [2.45, 2.75) is 52.5 Å². The first kappa shape index (κ1) is 15.5. The number of aromatic nitrogens is 2. The van der Waals surface area contributed by atoms with Crippen LogP contribution in [-0.4, -0.2) is 15.7 Å². The molecule has 5 heteroatoms. The number of hydrogen-bond donors (Lipinski definition) is 1. The number of hydrogen-bond acceptors (Lipinski definition) is 3. The first-order valence-corrected chi connectivity index (χ1v) is 7.16. The van der Waals surface area contributed by atoms with E-state index < -0.39 is 0 Å². The highest BCUT2D eigenvalue weighted by molar-refractivity contribution is 5.38. The lowest BCUT2D eigenvalue weighted by atomic mass is 10.2. The van der Waals surface area contributed by atoms with Crippen molar-refractivity contribution in [3.8, 4) is 0 Å². The summed E-state index contributed by atoms with van der Waals surface area (Å²) in [6.07, 6.45) is 7.14. The van der Waals surface area contributed by atoms with Crippen LogP contribution in [0.15, 0.2) is 15.8 Å². The number of unbranched alkanes of at least 4 members (excludes halogenated alkanes) is 3. The number of anilines is 1. The second-order valence-corrected chi connectivity index (χ2v) is 4.87. The molecule has 1 N–H and O–H groups in total. The van der Waals surface area contributed by atoms with E-state index in [1.54, 1.807) is 10.8 Å². The Hall–Kier alpha value is -1.52. The summed E-state index contributed by atoms with van der Waals surface area (Å²) in [7, 11) is 1.53. The van der Waals surface area contributed by atoms with Crippen LogP contribution in [0, 0.1) is 0 Å². The van der Waals surface area contributed by atoms with E-state index in [1.165, 1.54) is 30.9 Å². The topological polar surface area (TPSA) is 56.0 Å². The standard InChI is InChI=1S/C14H25N3O2/c1-4-6-7-8-9-15-12-11-17(10-5-2)14(19)16(3)13(12)18/h11,15H,4-10H2,1-3H3. The summed E-state index contributed by atoms with van der Waals surface area (Å²) < 4.78 is 2.76. The molecule has 0 radical (unpaired) electrons. The Morgan fingerprint density at radius 2 is 1.84 bits per heavy atom. The minimum Gasteiger partial charge on any atom is -0.379 e. The Bertz CT molecular complexity index is 502. The van der Waals surface area contributed by atoms with E-state index >= 15 is 0 Å². The van der Waals surface area contributed by atoms with Gasteiger partial charge < -0.3 is 5.32 Å². The van der Waals surface area contributed by atoms with Crippen LogP contribution in [-0.2, 0) is 13.6 Å². The van der Waals surface area contributed by atoms with Crippen LogP contribution in [0.3, 0.4) is 0 Å². The van der Waals surface area contributed by atoms with E-state index in [4.69, 9.17) is 0 Å². The zero-order valence-corrected chi connectivity index (χ0v) is 12.2. The lowest BCUT2D eigenvalue weighted by molar-refractivity contribution is 0.591. The number of rotatable bonds is 8. The molecule has 1 rings (SSSR count). The third-order valence-corrected chi connectivity index (χ3v) is 3.16. The maximum Gasteiger partial charge on any atom is 0.330 e. The van der Waals surface area contributed by atoms with Gasteiger partial charge in [0.15, 0.2) is 0 Å². The molecule has 1 aromatic heterocycles. The Labute approximate surface area is 114 Å². The van der Waals surface area contributed by atoms with Crippen molar-refractivity contribution in [3.63, 3.8) is 0 Å². The van der Waals surface area contributed by atoms with Gasteiger partial charge in [-0.3, -0.25) is 13.9 Å². The van der Waals surface area contributed by atoms with Gasteiger partial charge >= 0.3 is 5.69 Å². The highest BCUT2D eigenvalue weighted by atomic mass is 16.2. The minimum absolute atomic E-state index is 0.243. The van der Waals surface area contributed by atoms with Gasteiger partial charge in [0.05, 0.1) is 0 Å². The quantitative estimate of drug-likeness (QED) is 0.732. The lowest BCUT2D eigenvalue weighted by Gasteiger charge is -2.11. The summed E-state index contributed by atoms with van der Waals surface area (Å²) in [6.45, 7) is 5.59. The molecule has 0 amide bonds. The van der Waals surface area contributed by atoms with Crippen LogP contribution < -0.4 is 16.6 Å². The van der Waals surface area contributed by atoms with Crippen molar-refractivity contribution in [2.75, 3.05) is 11.9 Å². The van der Waals surface area contributed by atoms with Crippen LogP contribution in [0.5, 0.6) is 0 Å². The Balaban J connectivity index is 2.77. The first-order valence-electron chi connectivity index (χ1n) is 7.16. The van der Waals surface area contributed by atoms with Crippen molar-refractivity contribution in [1.29, 1.82) is 0 Å². The second kappa shape index (κ2) is 7.81. The molecular weight excluding hydrogens is 242 g/mol. The molecular formula is C14H25N3O2. The zero-order valence-electron chi connectivity index (χ0n) is 12.2. The monoisotopic (exact) mass is 267 g/mol. The van der Waals surface area contributed by atoms with Crippen LogP contribution in [0.4, 0.5) is 5.69 Å². The molecule has 0 spiro atoms. The van der Waals surface area contributed by atoms with Crippen molar-refractivity contribution < 1.29 is 0 Å². The molecule has 19 heavy (non-hydrogen) atoms. The predicted octanol–water partition coefficient (Wildman–Crippen LogP) is 1.95. The van der Waals surface area contributed by atoms with Crippen molar-refractivity contribution in [3.05, 3.63) is 27.0 Å². The zero-order chi connectivity index (χ0) is 14.3. The van der Waals surface area contributed by atoms with Gasteiger partial charge in [0.2, 0.25) is 0 Å². The van der Waals surface area contributed by atoms with E-state index in [0.29, 0.717) is 12.2 Å². The fourth-order valence-corrected chi connectivity index (χ4v) is 2.02. The Kier molecular flexibility index (Phi) is 6.39. The van der Waals surface area contributed by atoms with E-state index in [0.717, 1.165) is 19.4 Å². The predicted molar refractivity (Wildman–Crippen MR) is 78.9 cm³/mol. The van der Waals surface area contributed by atoms with Gasteiger partial charge in [-0.1, -0.05) is 33.1 Å². The summed E-state index contributed by atoms with van der Waals surface area (Å²) in [5.74, 6) is 0. The van der Waals surface area contributed by atoms with Gasteiger partial charge in [-0.2, -0.15) is 0 Å². The molecule has 5 nitrogen and oxygen atoms in total. The molecule has 0 atom stereocenters. The van der Waals surface area contributed by atoms with E-state index in [-0.39, 0.29) is 11.2 Å². The Morgan fingerprint density at radius 3 is 2.47 bits per heavy atom. The van der Waals surface area contributed by atoms with Gasteiger partial charge in [0.25, 0.3) is 5.56 Å². The number of nitrogens with zero attached hydrogens (tertiary/aromatic N) is 2. The fraction of sp³-hybridized carbons (Fsp3) is 0.714. The summed E-state index contributed by atoms with van der Waals surface area (Å²) in [6, 6.07) is 0. The minimum atomic E-state index is -0.247. The molecule has 0 aliphatic heterocycles. The molecule has 0 aliphatic rings. The van der Waals surface area contributed by atoms with Gasteiger partial charge in [-0.05, 0) is 12.8 Å². The van der Waals surface area contributed by atoms with Crippen LogP contribution in [0.25, 0.3) is 0 Å². The SMILES string of the molecule is CCCCCCNc1cn(CCC)c(=O)n(C)c1=O. The van der Waals surface area contributed by atoms with Crippen LogP contribution in [0.2, 0.25) is 0 Å². The molecule has 108 valence electrons. The van der Waals surface area contributed by atoms with Crippen molar-refractivity contribution >= 4 is 5.69 Å². The normalized spacial score (nSPS) is 10.7. The number of nitrogens with one attached hydrogen (secondary N) is 1. The van der Waals surface area contributed by atoms with Gasteiger partial charge in [0.1, 0.15) is 5.69 Å². The van der Waals surface area contributed by atoms with Crippen molar-refractivity contribution in [2.24, 2.45) is 7.05 Å². The van der Waals surface area contributed by atoms with Gasteiger partial charge in [-0.15, -0.1) is 0 Å². The molecule has 1 heterocycles. The average molecular weight is 267 g/mol. The highest BCUT2D eigenvalue weighted by Crippen LogP contribution is 2.01. The lowest BCUT2D eigenvalue weighted by Crippen LogP contribution is -2.38. The van der Waals surface area contributed by atoms with E-state index in [9.17, 15) is 9.59 Å². The molecule has 0 saturated carbocycles. The molecule has 0 unspecified atom stereocenters. The molecule has 0 fully saturated rings. The second-order valence-electron chi connectivity index (χ2n) is 4.87. The number of aryl methyl sites for hydroxylation is 1. The van der Waals surface area contributed by atoms with Crippen LogP contribution in [0.1, 0.15) is 46.0 Å². The maximum absolute atomic E-state index is 12.0. The largest absolute Gasteiger partial charge is 0.379 e. The maximum atomic E-state index is 12.0. The molecule has 1 aromatic rings. The van der Waals surface area contributed by atoms with E-state index in [1.807, 2.05) is 6.92 Å². The average Bonchev–Trinajstić information content (AvgIpc) is 2.41. The highest BCUT2D eigenvalue weighted by Gasteiger charge is 2.07. The smallest absolute Gasteiger partial charge is 0.330 e. The molecule has 0 aliphatic carbocycles. The summed E-state index contributed by atoms with van der Waals surface area (Å²) in [4.78, 5) is 23.8. The first-order chi connectivity index (χ1) is 9.11. The summed E-state index contributed by atoms with van der Waals surface area (Å²) in [5, 5.41) is 3.15. The third kappa shape index (κ3) is 4.26. The summed E-state index contributed by atoms with van der Waals surface area (Å²) >= 11 is 0. The third-order valence-electron chi connectivity index (χ3n) is 3.16. The fourth-order valence-electron chi connectivity index (χ4n) is 2.02. The Morgan fingerprint density at radius 1 is 1.11 bits per heavy atom.